The van der Waals surface area contributed by atoms with Crippen molar-refractivity contribution in [1.82, 2.24) is 0 Å². The van der Waals surface area contributed by atoms with Crippen molar-refractivity contribution in [2.24, 2.45) is 5.92 Å². The van der Waals surface area contributed by atoms with E-state index in [-0.39, 0.29) is 11.1 Å². The molecule has 1 aliphatic rings. The molecule has 25 heavy (non-hydrogen) atoms. The van der Waals surface area contributed by atoms with E-state index < -0.39 is 22.9 Å². The van der Waals surface area contributed by atoms with Gasteiger partial charge in [0.2, 0.25) is 0 Å². The maximum atomic E-state index is 12.8. The van der Waals surface area contributed by atoms with Crippen LogP contribution in [-0.4, -0.2) is 25.7 Å². The van der Waals surface area contributed by atoms with Crippen LogP contribution in [0.5, 0.6) is 0 Å². The zero-order valence-corrected chi connectivity index (χ0v) is 13.9. The quantitative estimate of drug-likeness (QED) is 0.808. The number of rotatable bonds is 3. The summed E-state index contributed by atoms with van der Waals surface area (Å²) in [5.41, 5.74) is -0.0593. The Kier molecular flexibility index (Phi) is 3.87. The van der Waals surface area contributed by atoms with E-state index in [0.717, 1.165) is 5.69 Å². The Labute approximate surface area is 145 Å². The van der Waals surface area contributed by atoms with Gasteiger partial charge in [-0.1, -0.05) is 36.4 Å². The van der Waals surface area contributed by atoms with Crippen LogP contribution in [-0.2, 0) is 5.41 Å². The molecule has 2 aromatic rings. The van der Waals surface area contributed by atoms with E-state index in [9.17, 15) is 20.1 Å². The standard InChI is InChI=1S/C20H15N3O2/c1-23(2)14-9-7-13(8-10-14)20(11-21,12-22)17-18(24)15-5-3-4-6-16(15)19(17)25/h3-10,17H,1-2H3. The van der Waals surface area contributed by atoms with Gasteiger partial charge in [0.1, 0.15) is 5.92 Å². The Morgan fingerprint density at radius 1 is 0.880 bits per heavy atom. The van der Waals surface area contributed by atoms with Gasteiger partial charge in [0.25, 0.3) is 0 Å². The predicted molar refractivity (Wildman–Crippen MR) is 92.3 cm³/mol. The molecule has 0 radical (unpaired) electrons. The van der Waals surface area contributed by atoms with E-state index >= 15 is 0 Å². The third kappa shape index (κ3) is 2.29. The van der Waals surface area contributed by atoms with Crippen LogP contribution in [0.15, 0.2) is 48.5 Å². The van der Waals surface area contributed by atoms with Gasteiger partial charge in [0.05, 0.1) is 12.1 Å². The molecule has 122 valence electrons. The monoisotopic (exact) mass is 329 g/mol. The second kappa shape index (κ2) is 5.89. The summed E-state index contributed by atoms with van der Waals surface area (Å²) >= 11 is 0. The maximum absolute atomic E-state index is 12.8. The van der Waals surface area contributed by atoms with Gasteiger partial charge in [-0.05, 0) is 17.7 Å². The van der Waals surface area contributed by atoms with E-state index in [1.807, 2.05) is 31.1 Å². The van der Waals surface area contributed by atoms with Gasteiger partial charge in [0.15, 0.2) is 17.0 Å². The number of hydrogen-bond acceptors (Lipinski definition) is 5. The average Bonchev–Trinajstić information content (AvgIpc) is 2.90. The lowest BCUT2D eigenvalue weighted by molar-refractivity contribution is 0.0807. The number of nitrogens with zero attached hydrogens (tertiary/aromatic N) is 3. The molecule has 0 spiro atoms. The maximum Gasteiger partial charge on any atom is 0.185 e. The number of carbonyl (C=O) groups is 2. The minimum Gasteiger partial charge on any atom is -0.378 e. The van der Waals surface area contributed by atoms with Crippen LogP contribution in [0.3, 0.4) is 0 Å². The van der Waals surface area contributed by atoms with E-state index in [2.05, 4.69) is 0 Å². The van der Waals surface area contributed by atoms with Crippen molar-refractivity contribution < 1.29 is 9.59 Å². The first-order valence-electron chi connectivity index (χ1n) is 7.74. The number of benzene rings is 2. The molecule has 3 rings (SSSR count). The number of carbonyl (C=O) groups excluding carboxylic acids is 2. The number of ketones is 2. The van der Waals surface area contributed by atoms with Crippen LogP contribution < -0.4 is 4.90 Å². The van der Waals surface area contributed by atoms with Crippen LogP contribution in [0, 0.1) is 28.6 Å². The molecule has 5 heteroatoms. The van der Waals surface area contributed by atoms with E-state index in [0.29, 0.717) is 5.56 Å². The molecule has 0 heterocycles. The topological polar surface area (TPSA) is 85.0 Å². The molecular formula is C20H15N3O2. The van der Waals surface area contributed by atoms with Crippen LogP contribution in [0.2, 0.25) is 0 Å². The molecule has 0 fully saturated rings. The first kappa shape index (κ1) is 16.4. The molecule has 0 saturated carbocycles. The van der Waals surface area contributed by atoms with Gasteiger partial charge < -0.3 is 4.90 Å². The van der Waals surface area contributed by atoms with Crippen molar-refractivity contribution >= 4 is 17.3 Å². The Hall–Kier alpha value is -3.44. The summed E-state index contributed by atoms with van der Waals surface area (Å²) in [6, 6.07) is 17.1. The molecule has 0 N–H and O–H groups in total. The molecule has 0 amide bonds. The number of hydrogen-bond donors (Lipinski definition) is 0. The largest absolute Gasteiger partial charge is 0.378 e. The SMILES string of the molecule is CN(C)c1ccc(C(C#N)(C#N)C2C(=O)c3ccccc3C2=O)cc1. The highest BCUT2D eigenvalue weighted by atomic mass is 16.2. The van der Waals surface area contributed by atoms with E-state index in [1.165, 1.54) is 0 Å². The third-order valence-electron chi connectivity index (χ3n) is 4.61. The van der Waals surface area contributed by atoms with Gasteiger partial charge >= 0.3 is 0 Å². The minimum atomic E-state index is -1.85. The number of fused-ring (bicyclic) bond motifs is 1. The van der Waals surface area contributed by atoms with Gasteiger partial charge in [-0.2, -0.15) is 10.5 Å². The second-order valence-corrected chi connectivity index (χ2v) is 6.18. The highest BCUT2D eigenvalue weighted by molar-refractivity contribution is 6.27. The lowest BCUT2D eigenvalue weighted by Gasteiger charge is -2.24. The van der Waals surface area contributed by atoms with Crippen molar-refractivity contribution in [3.05, 3.63) is 65.2 Å². The predicted octanol–water partition coefficient (Wildman–Crippen LogP) is 2.73. The first-order valence-corrected chi connectivity index (χ1v) is 7.74. The summed E-state index contributed by atoms with van der Waals surface area (Å²) < 4.78 is 0. The number of nitriles is 2. The molecule has 0 unspecified atom stereocenters. The molecule has 5 nitrogen and oxygen atoms in total. The fourth-order valence-corrected chi connectivity index (χ4v) is 3.21. The average molecular weight is 329 g/mol. The van der Waals surface area contributed by atoms with E-state index in [4.69, 9.17) is 0 Å². The van der Waals surface area contributed by atoms with Crippen LogP contribution in [0.25, 0.3) is 0 Å². The van der Waals surface area contributed by atoms with Crippen LogP contribution in [0.1, 0.15) is 26.3 Å². The van der Waals surface area contributed by atoms with Crippen molar-refractivity contribution in [1.29, 1.82) is 10.5 Å². The Bertz CT molecular complexity index is 897. The van der Waals surface area contributed by atoms with Crippen LogP contribution in [0.4, 0.5) is 5.69 Å². The number of anilines is 1. The van der Waals surface area contributed by atoms with Gasteiger partial charge in [0, 0.05) is 30.9 Å². The lowest BCUT2D eigenvalue weighted by atomic mass is 9.70. The molecule has 0 saturated heterocycles. The van der Waals surface area contributed by atoms with Crippen molar-refractivity contribution in [3.8, 4) is 12.1 Å². The Morgan fingerprint density at radius 3 is 1.76 bits per heavy atom. The molecule has 0 bridgehead atoms. The molecule has 0 aliphatic heterocycles. The lowest BCUT2D eigenvalue weighted by Crippen LogP contribution is -2.39. The summed E-state index contributed by atoms with van der Waals surface area (Å²) in [4.78, 5) is 27.5. The first-order chi connectivity index (χ1) is 12.0. The zero-order valence-electron chi connectivity index (χ0n) is 13.9. The fourth-order valence-electron chi connectivity index (χ4n) is 3.21. The van der Waals surface area contributed by atoms with Gasteiger partial charge in [-0.3, -0.25) is 9.59 Å². The van der Waals surface area contributed by atoms with E-state index in [1.54, 1.807) is 48.5 Å². The Balaban J connectivity index is 2.14. The summed E-state index contributed by atoms with van der Waals surface area (Å²) in [6.07, 6.45) is 0. The molecule has 2 aromatic carbocycles. The highest BCUT2D eigenvalue weighted by Crippen LogP contribution is 2.41. The van der Waals surface area contributed by atoms with Crippen molar-refractivity contribution in [2.45, 2.75) is 5.41 Å². The molecule has 0 aromatic heterocycles. The minimum absolute atomic E-state index is 0.275. The van der Waals surface area contributed by atoms with Crippen molar-refractivity contribution in [3.63, 3.8) is 0 Å². The molecule has 1 aliphatic carbocycles. The van der Waals surface area contributed by atoms with Crippen molar-refractivity contribution in [2.75, 3.05) is 19.0 Å². The molecule has 0 atom stereocenters. The number of Topliss-reactive ketones (excluding diaryl/α,β-unsaturated/α-hetero) is 2. The summed E-state index contributed by atoms with van der Waals surface area (Å²) in [5.74, 6) is -2.29. The van der Waals surface area contributed by atoms with Crippen LogP contribution >= 0.6 is 0 Å². The molecular weight excluding hydrogens is 314 g/mol. The zero-order chi connectivity index (χ0) is 18.2. The summed E-state index contributed by atoms with van der Waals surface area (Å²) in [7, 11) is 3.75. The van der Waals surface area contributed by atoms with Gasteiger partial charge in [-0.25, -0.2) is 0 Å². The fraction of sp³-hybridized carbons (Fsp3) is 0.200. The summed E-state index contributed by atoms with van der Waals surface area (Å²) in [6.45, 7) is 0. The Morgan fingerprint density at radius 2 is 1.36 bits per heavy atom. The highest BCUT2D eigenvalue weighted by Gasteiger charge is 2.54. The second-order valence-electron chi connectivity index (χ2n) is 6.18. The third-order valence-corrected chi connectivity index (χ3v) is 4.61. The smallest absolute Gasteiger partial charge is 0.185 e. The normalized spacial score (nSPS) is 13.9. The van der Waals surface area contributed by atoms with Gasteiger partial charge in [-0.15, -0.1) is 0 Å². The summed E-state index contributed by atoms with van der Waals surface area (Å²) in [5, 5.41) is 19.6.